The quantitative estimate of drug-likeness (QED) is 0.476. The summed E-state index contributed by atoms with van der Waals surface area (Å²) in [6.07, 6.45) is 4.96. The molecule has 28 heavy (non-hydrogen) atoms. The second kappa shape index (κ2) is 9.15. The Morgan fingerprint density at radius 1 is 0.643 bits per heavy atom. The molecule has 0 unspecified atom stereocenters. The Hall–Kier alpha value is -1.77. The van der Waals surface area contributed by atoms with Gasteiger partial charge in [-0.05, 0) is 89.5 Å². The van der Waals surface area contributed by atoms with E-state index in [0.29, 0.717) is 0 Å². The lowest BCUT2D eigenvalue weighted by atomic mass is 9.90. The highest BCUT2D eigenvalue weighted by molar-refractivity contribution is 6.10. The minimum atomic E-state index is 1.18. The SMILES string of the molecule is CC(=C(C)C(C(C)=C(C)C(C)=C1CCCN1C)=[N+](C)C)C(C)=C1CCCN1C. The Labute approximate surface area is 173 Å². The zero-order chi connectivity index (χ0) is 21.2. The number of rotatable bonds is 4. The van der Waals surface area contributed by atoms with Gasteiger partial charge in [-0.25, -0.2) is 4.58 Å². The number of hydrogen-bond acceptors (Lipinski definition) is 2. The zero-order valence-electron chi connectivity index (χ0n) is 20.1. The third kappa shape index (κ3) is 4.45. The average Bonchev–Trinajstić information content (AvgIpc) is 3.26. The monoisotopic (exact) mass is 384 g/mol. The van der Waals surface area contributed by atoms with Crippen molar-refractivity contribution < 1.29 is 4.58 Å². The van der Waals surface area contributed by atoms with Crippen molar-refractivity contribution in [3.8, 4) is 0 Å². The summed E-state index contributed by atoms with van der Waals surface area (Å²) in [4.78, 5) is 4.86. The highest BCUT2D eigenvalue weighted by Crippen LogP contribution is 2.31. The minimum absolute atomic E-state index is 1.18. The van der Waals surface area contributed by atoms with Crippen molar-refractivity contribution >= 4 is 5.71 Å². The maximum atomic E-state index is 2.43. The molecule has 2 saturated heterocycles. The van der Waals surface area contributed by atoms with Crippen molar-refractivity contribution in [3.05, 3.63) is 44.8 Å². The maximum Gasteiger partial charge on any atom is 0.205 e. The second-order valence-corrected chi connectivity index (χ2v) is 8.94. The van der Waals surface area contributed by atoms with Crippen molar-refractivity contribution in [1.29, 1.82) is 0 Å². The van der Waals surface area contributed by atoms with Crippen LogP contribution in [-0.4, -0.2) is 61.4 Å². The van der Waals surface area contributed by atoms with E-state index >= 15 is 0 Å². The first kappa shape index (κ1) is 22.5. The molecule has 0 aromatic rings. The van der Waals surface area contributed by atoms with E-state index in [-0.39, 0.29) is 0 Å². The summed E-state index contributed by atoms with van der Waals surface area (Å²) in [5.74, 6) is 0. The molecule has 2 rings (SSSR count). The Bertz CT molecular complexity index is 723. The molecule has 2 heterocycles. The molecular formula is C25H42N3+. The number of nitrogens with zero attached hydrogens (tertiary/aromatic N) is 3. The Kier molecular flexibility index (Phi) is 7.36. The molecule has 2 fully saturated rings. The number of hydrogen-bond donors (Lipinski definition) is 0. The first-order valence-corrected chi connectivity index (χ1v) is 10.8. The van der Waals surface area contributed by atoms with E-state index in [2.05, 4.69) is 84.1 Å². The molecule has 156 valence electrons. The molecule has 0 N–H and O–H groups in total. The molecule has 2 aliphatic heterocycles. The second-order valence-electron chi connectivity index (χ2n) is 8.94. The van der Waals surface area contributed by atoms with Crippen LogP contribution in [0.1, 0.15) is 67.2 Å². The predicted octanol–water partition coefficient (Wildman–Crippen LogP) is 5.37. The Morgan fingerprint density at radius 3 is 1.25 bits per heavy atom. The van der Waals surface area contributed by atoms with Crippen LogP contribution >= 0.6 is 0 Å². The predicted molar refractivity (Wildman–Crippen MR) is 123 cm³/mol. The van der Waals surface area contributed by atoms with E-state index in [1.165, 1.54) is 89.3 Å². The van der Waals surface area contributed by atoms with Crippen LogP contribution in [0.5, 0.6) is 0 Å². The van der Waals surface area contributed by atoms with E-state index in [0.717, 1.165) is 0 Å². The third-order valence-electron chi connectivity index (χ3n) is 7.01. The topological polar surface area (TPSA) is 9.49 Å². The molecule has 0 aromatic heterocycles. The van der Waals surface area contributed by atoms with Gasteiger partial charge in [-0.3, -0.25) is 0 Å². The highest BCUT2D eigenvalue weighted by Gasteiger charge is 2.23. The summed E-state index contributed by atoms with van der Waals surface area (Å²) >= 11 is 0. The average molecular weight is 385 g/mol. The van der Waals surface area contributed by atoms with Crippen LogP contribution in [0.2, 0.25) is 0 Å². The molecule has 0 aliphatic carbocycles. The van der Waals surface area contributed by atoms with Gasteiger partial charge in [0.15, 0.2) is 0 Å². The van der Waals surface area contributed by atoms with Gasteiger partial charge in [0.1, 0.15) is 14.1 Å². The molecular weight excluding hydrogens is 342 g/mol. The zero-order valence-corrected chi connectivity index (χ0v) is 20.1. The van der Waals surface area contributed by atoms with Crippen LogP contribution in [0.4, 0.5) is 0 Å². The molecule has 0 atom stereocenters. The highest BCUT2D eigenvalue weighted by atomic mass is 15.1. The third-order valence-corrected chi connectivity index (χ3v) is 7.01. The van der Waals surface area contributed by atoms with E-state index in [9.17, 15) is 0 Å². The van der Waals surface area contributed by atoms with Crippen molar-refractivity contribution in [1.82, 2.24) is 9.80 Å². The first-order valence-electron chi connectivity index (χ1n) is 10.8. The lowest BCUT2D eigenvalue weighted by Crippen LogP contribution is -2.20. The van der Waals surface area contributed by atoms with Crippen molar-refractivity contribution in [2.45, 2.75) is 67.2 Å². The molecule has 0 aromatic carbocycles. The maximum absolute atomic E-state index is 2.43. The van der Waals surface area contributed by atoms with Gasteiger partial charge in [0.2, 0.25) is 5.71 Å². The molecule has 0 radical (unpaired) electrons. The van der Waals surface area contributed by atoms with Crippen molar-refractivity contribution in [3.63, 3.8) is 0 Å². The summed E-state index contributed by atoms with van der Waals surface area (Å²) in [5.41, 5.74) is 12.9. The lowest BCUT2D eigenvalue weighted by molar-refractivity contribution is -0.463. The molecule has 3 nitrogen and oxygen atoms in total. The van der Waals surface area contributed by atoms with E-state index < -0.39 is 0 Å². The fraction of sp³-hybridized carbons (Fsp3) is 0.640. The van der Waals surface area contributed by atoms with E-state index in [4.69, 9.17) is 0 Å². The van der Waals surface area contributed by atoms with Gasteiger partial charge in [-0.1, -0.05) is 0 Å². The normalized spacial score (nSPS) is 22.9. The van der Waals surface area contributed by atoms with Gasteiger partial charge < -0.3 is 9.80 Å². The Morgan fingerprint density at radius 2 is 1.00 bits per heavy atom. The van der Waals surface area contributed by atoms with Gasteiger partial charge in [0.25, 0.3) is 0 Å². The van der Waals surface area contributed by atoms with Gasteiger partial charge in [0, 0.05) is 49.7 Å². The minimum Gasteiger partial charge on any atom is -0.378 e. The molecule has 0 saturated carbocycles. The fourth-order valence-corrected chi connectivity index (χ4v) is 4.87. The molecule has 0 spiro atoms. The van der Waals surface area contributed by atoms with Crippen LogP contribution in [0.25, 0.3) is 0 Å². The smallest absolute Gasteiger partial charge is 0.205 e. The van der Waals surface area contributed by atoms with Crippen LogP contribution in [0, 0.1) is 0 Å². The number of likely N-dealkylation sites (tertiary alicyclic amines) is 2. The molecule has 3 heteroatoms. The standard InChI is InChI=1S/C25H42N3/c1-17(19(3)23-13-11-15-27(23)9)21(5)25(26(7)8)22(6)18(2)20(4)24-14-12-16-28(24)10/h11-16H2,1-10H3/q+1. The molecule has 0 bridgehead atoms. The fourth-order valence-electron chi connectivity index (χ4n) is 4.87. The van der Waals surface area contributed by atoms with Gasteiger partial charge in [-0.15, -0.1) is 0 Å². The van der Waals surface area contributed by atoms with Crippen LogP contribution in [0.3, 0.4) is 0 Å². The molecule has 2 aliphatic rings. The summed E-state index contributed by atoms with van der Waals surface area (Å²) in [7, 11) is 8.82. The van der Waals surface area contributed by atoms with E-state index in [1.807, 2.05) is 0 Å². The van der Waals surface area contributed by atoms with Gasteiger partial charge in [-0.2, -0.15) is 0 Å². The van der Waals surface area contributed by atoms with Crippen molar-refractivity contribution in [2.24, 2.45) is 0 Å². The van der Waals surface area contributed by atoms with Crippen LogP contribution in [0.15, 0.2) is 44.8 Å². The van der Waals surface area contributed by atoms with Gasteiger partial charge in [0.05, 0.1) is 0 Å². The van der Waals surface area contributed by atoms with Crippen molar-refractivity contribution in [2.75, 3.05) is 41.3 Å². The summed E-state index contributed by atoms with van der Waals surface area (Å²) in [6.45, 7) is 16.2. The Balaban J connectivity index is 2.55. The summed E-state index contributed by atoms with van der Waals surface area (Å²) in [5, 5.41) is 0. The summed E-state index contributed by atoms with van der Waals surface area (Å²) in [6, 6.07) is 0. The van der Waals surface area contributed by atoms with E-state index in [1.54, 1.807) is 0 Å². The number of allylic oxidation sites excluding steroid dienone is 8. The van der Waals surface area contributed by atoms with Crippen LogP contribution in [-0.2, 0) is 0 Å². The van der Waals surface area contributed by atoms with Gasteiger partial charge >= 0.3 is 0 Å². The van der Waals surface area contributed by atoms with Crippen LogP contribution < -0.4 is 0 Å². The molecule has 0 amide bonds. The summed E-state index contributed by atoms with van der Waals surface area (Å²) < 4.78 is 2.30. The first-order chi connectivity index (χ1) is 13.1. The largest absolute Gasteiger partial charge is 0.378 e. The lowest BCUT2D eigenvalue weighted by Gasteiger charge is -2.20.